The van der Waals surface area contributed by atoms with E-state index in [-0.39, 0.29) is 19.1 Å². The first-order valence-corrected chi connectivity index (χ1v) is 12.5. The Labute approximate surface area is 213 Å². The molecule has 1 atom stereocenters. The number of aliphatic hydroxyl groups excluding tert-OH is 1. The highest BCUT2D eigenvalue weighted by Gasteiger charge is 2.16. The predicted molar refractivity (Wildman–Crippen MR) is 137 cm³/mol. The van der Waals surface area contributed by atoms with Crippen LogP contribution in [0.5, 0.6) is 0 Å². The van der Waals surface area contributed by atoms with Crippen LogP contribution in [0.25, 0.3) is 0 Å². The number of amides is 1. The van der Waals surface area contributed by atoms with Gasteiger partial charge < -0.3 is 30.0 Å². The van der Waals surface area contributed by atoms with Gasteiger partial charge in [-0.2, -0.15) is 0 Å². The van der Waals surface area contributed by atoms with Gasteiger partial charge in [0.2, 0.25) is 6.41 Å². The van der Waals surface area contributed by atoms with Gasteiger partial charge in [0.15, 0.2) is 0 Å². The second kappa shape index (κ2) is 18.3. The highest BCUT2D eigenvalue weighted by Crippen LogP contribution is 2.08. The van der Waals surface area contributed by atoms with E-state index in [4.69, 9.17) is 14.2 Å². The number of esters is 1. The van der Waals surface area contributed by atoms with Crippen LogP contribution in [0.1, 0.15) is 37.3 Å². The van der Waals surface area contributed by atoms with Crippen molar-refractivity contribution in [3.63, 3.8) is 0 Å². The van der Waals surface area contributed by atoms with Gasteiger partial charge in [0.05, 0.1) is 19.8 Å². The molecule has 0 aromatic heterocycles. The zero-order chi connectivity index (χ0) is 25.8. The topological polar surface area (TPSA) is 109 Å². The van der Waals surface area contributed by atoms with Gasteiger partial charge in [0.1, 0.15) is 6.61 Å². The molecule has 0 heterocycles. The van der Waals surface area contributed by atoms with Crippen LogP contribution in [-0.2, 0) is 32.2 Å². The average molecular weight is 502 g/mol. The van der Waals surface area contributed by atoms with Gasteiger partial charge in [-0.25, -0.2) is 4.79 Å². The molecular formula is C27H39N3O6. The maximum absolute atomic E-state index is 11.9. The van der Waals surface area contributed by atoms with Gasteiger partial charge in [-0.15, -0.1) is 0 Å². The lowest BCUT2D eigenvalue weighted by Gasteiger charge is -2.27. The van der Waals surface area contributed by atoms with Crippen molar-refractivity contribution in [2.24, 2.45) is 0 Å². The second-order valence-electron chi connectivity index (χ2n) is 8.19. The van der Waals surface area contributed by atoms with E-state index < -0.39 is 12.5 Å². The third-order valence-corrected chi connectivity index (χ3v) is 5.28. The Hall–Kier alpha value is -2.98. The van der Waals surface area contributed by atoms with Crippen molar-refractivity contribution in [1.29, 1.82) is 0 Å². The smallest absolute Gasteiger partial charge is 0.407 e. The van der Waals surface area contributed by atoms with E-state index in [0.29, 0.717) is 39.4 Å². The fourth-order valence-corrected chi connectivity index (χ4v) is 3.40. The first-order chi connectivity index (χ1) is 17.6. The predicted octanol–water partition coefficient (Wildman–Crippen LogP) is 3.03. The third kappa shape index (κ3) is 13.2. The summed E-state index contributed by atoms with van der Waals surface area (Å²) < 4.78 is 15.8. The number of ether oxygens (including phenoxy) is 3. The highest BCUT2D eigenvalue weighted by molar-refractivity contribution is 5.71. The molecule has 0 saturated carbocycles. The third-order valence-electron chi connectivity index (χ3n) is 5.28. The van der Waals surface area contributed by atoms with Crippen molar-refractivity contribution in [3.8, 4) is 0 Å². The molecule has 2 aromatic rings. The fourth-order valence-electron chi connectivity index (χ4n) is 3.40. The SMILES string of the molecule is CCOC(=O)CNCCCN(CCCCNC(=O)OCc1ccccc1)C(O)OCc1ccccc1. The van der Waals surface area contributed by atoms with Crippen LogP contribution in [0.15, 0.2) is 60.7 Å². The van der Waals surface area contributed by atoms with Crippen LogP contribution in [-0.4, -0.2) is 67.8 Å². The van der Waals surface area contributed by atoms with E-state index in [1.807, 2.05) is 65.6 Å². The standard InChI is InChI=1S/C27H39N3O6/c1-2-34-25(31)20-28-16-11-19-30(27(33)36-22-24-14-7-4-8-15-24)18-10-9-17-29-26(32)35-21-23-12-5-3-6-13-23/h3-8,12-15,27-28,33H,2,9-11,16-22H2,1H3,(H,29,32). The van der Waals surface area contributed by atoms with Crippen molar-refractivity contribution in [3.05, 3.63) is 71.8 Å². The minimum atomic E-state index is -1.06. The van der Waals surface area contributed by atoms with E-state index in [1.54, 1.807) is 6.92 Å². The number of aliphatic hydroxyl groups is 1. The molecule has 0 aliphatic carbocycles. The maximum atomic E-state index is 11.9. The number of benzene rings is 2. The number of rotatable bonds is 18. The van der Waals surface area contributed by atoms with Gasteiger partial charge in [-0.05, 0) is 43.9 Å². The Morgan fingerprint density at radius 1 is 0.861 bits per heavy atom. The summed E-state index contributed by atoms with van der Waals surface area (Å²) in [6.45, 7) is 5.08. The number of nitrogens with zero attached hydrogens (tertiary/aromatic N) is 1. The van der Waals surface area contributed by atoms with Crippen molar-refractivity contribution >= 4 is 12.1 Å². The van der Waals surface area contributed by atoms with E-state index in [0.717, 1.165) is 30.4 Å². The molecule has 0 radical (unpaired) electrons. The quantitative estimate of drug-likeness (QED) is 0.162. The Bertz CT molecular complexity index is 853. The number of carbonyl (C=O) groups is 2. The Balaban J connectivity index is 1.68. The number of carbonyl (C=O) groups excluding carboxylic acids is 2. The molecule has 0 saturated heterocycles. The molecular weight excluding hydrogens is 462 g/mol. The first-order valence-electron chi connectivity index (χ1n) is 12.5. The molecule has 0 spiro atoms. The molecule has 0 aliphatic rings. The molecule has 2 aromatic carbocycles. The van der Waals surface area contributed by atoms with Crippen LogP contribution in [0.4, 0.5) is 4.79 Å². The number of nitrogens with one attached hydrogen (secondary N) is 2. The summed E-state index contributed by atoms with van der Waals surface area (Å²) in [5.41, 5.74) is 1.91. The molecule has 198 valence electrons. The van der Waals surface area contributed by atoms with Crippen molar-refractivity contribution in [2.45, 2.75) is 45.8 Å². The largest absolute Gasteiger partial charge is 0.465 e. The van der Waals surface area contributed by atoms with Crippen LogP contribution in [0.3, 0.4) is 0 Å². The van der Waals surface area contributed by atoms with E-state index in [2.05, 4.69) is 10.6 Å². The van der Waals surface area contributed by atoms with Gasteiger partial charge in [0, 0.05) is 19.6 Å². The van der Waals surface area contributed by atoms with Gasteiger partial charge in [-0.3, -0.25) is 9.69 Å². The summed E-state index contributed by atoms with van der Waals surface area (Å²) in [6.07, 6.45) is 0.688. The summed E-state index contributed by atoms with van der Waals surface area (Å²) in [5, 5.41) is 16.4. The minimum Gasteiger partial charge on any atom is -0.465 e. The fraction of sp³-hybridized carbons (Fsp3) is 0.481. The van der Waals surface area contributed by atoms with Crippen LogP contribution >= 0.6 is 0 Å². The first kappa shape index (κ1) is 29.3. The zero-order valence-electron chi connectivity index (χ0n) is 21.1. The number of unbranched alkanes of at least 4 members (excludes halogenated alkanes) is 1. The molecule has 3 N–H and O–H groups in total. The summed E-state index contributed by atoms with van der Waals surface area (Å²) in [5.74, 6) is -0.282. The molecule has 1 unspecified atom stereocenters. The van der Waals surface area contributed by atoms with E-state index >= 15 is 0 Å². The molecule has 0 fully saturated rings. The molecule has 9 heteroatoms. The lowest BCUT2D eigenvalue weighted by Crippen LogP contribution is -2.40. The summed E-state index contributed by atoms with van der Waals surface area (Å²) in [6, 6.07) is 19.2. The summed E-state index contributed by atoms with van der Waals surface area (Å²) >= 11 is 0. The van der Waals surface area contributed by atoms with Gasteiger partial charge in [-0.1, -0.05) is 60.7 Å². The lowest BCUT2D eigenvalue weighted by atomic mass is 10.2. The Morgan fingerprint density at radius 2 is 1.50 bits per heavy atom. The lowest BCUT2D eigenvalue weighted by molar-refractivity contribution is -0.200. The monoisotopic (exact) mass is 501 g/mol. The van der Waals surface area contributed by atoms with Gasteiger partial charge in [0.25, 0.3) is 0 Å². The zero-order valence-corrected chi connectivity index (χ0v) is 21.1. The van der Waals surface area contributed by atoms with Crippen LogP contribution in [0, 0.1) is 0 Å². The molecule has 9 nitrogen and oxygen atoms in total. The maximum Gasteiger partial charge on any atom is 0.407 e. The van der Waals surface area contributed by atoms with Gasteiger partial charge >= 0.3 is 12.1 Å². The normalized spacial score (nSPS) is 11.8. The molecule has 2 rings (SSSR count). The molecule has 0 aliphatic heterocycles. The van der Waals surface area contributed by atoms with E-state index in [9.17, 15) is 14.7 Å². The highest BCUT2D eigenvalue weighted by atomic mass is 16.6. The summed E-state index contributed by atoms with van der Waals surface area (Å²) in [7, 11) is 0. The molecule has 36 heavy (non-hydrogen) atoms. The molecule has 0 bridgehead atoms. The number of alkyl carbamates (subject to hydrolysis) is 1. The second-order valence-corrected chi connectivity index (χ2v) is 8.19. The number of hydrogen-bond acceptors (Lipinski definition) is 8. The van der Waals surface area contributed by atoms with Crippen molar-refractivity contribution in [2.75, 3.05) is 39.3 Å². The number of hydrogen-bond donors (Lipinski definition) is 3. The summed E-state index contributed by atoms with van der Waals surface area (Å²) in [4.78, 5) is 25.2. The van der Waals surface area contributed by atoms with Crippen molar-refractivity contribution < 1.29 is 28.9 Å². The van der Waals surface area contributed by atoms with E-state index in [1.165, 1.54) is 0 Å². The minimum absolute atomic E-state index is 0.160. The van der Waals surface area contributed by atoms with Crippen molar-refractivity contribution in [1.82, 2.24) is 15.5 Å². The average Bonchev–Trinajstić information content (AvgIpc) is 2.90. The van der Waals surface area contributed by atoms with Crippen LogP contribution < -0.4 is 10.6 Å². The van der Waals surface area contributed by atoms with Crippen LogP contribution in [0.2, 0.25) is 0 Å². The Morgan fingerprint density at radius 3 is 2.17 bits per heavy atom. The Kier molecular flexibility index (Phi) is 14.9. The molecule has 1 amide bonds.